The first kappa shape index (κ1) is 32.4. The molecule has 0 bridgehead atoms. The molecular weight excluding hydrogens is 538 g/mol. The zero-order valence-corrected chi connectivity index (χ0v) is 27.1. The number of hydrogen-bond donors (Lipinski definition) is 4. The smallest absolute Gasteiger partial charge is 0.131 e. The van der Waals surface area contributed by atoms with Crippen LogP contribution in [-0.4, -0.2) is 89.0 Å². The topological polar surface area (TPSA) is 100 Å². The first-order chi connectivity index (χ1) is 19.4. The van der Waals surface area contributed by atoms with Crippen LogP contribution in [0.25, 0.3) is 0 Å². The number of rotatable bonds is 8. The number of hydrogen-bond acceptors (Lipinski definition) is 7. The fourth-order valence-electron chi connectivity index (χ4n) is 9.52. The maximum absolute atomic E-state index is 12.0. The van der Waals surface area contributed by atoms with Crippen LogP contribution in [0.2, 0.25) is 0 Å². The fraction of sp³-hybridized carbons (Fsp3) is 1.00. The van der Waals surface area contributed by atoms with Crippen LogP contribution in [0.15, 0.2) is 0 Å². The van der Waals surface area contributed by atoms with E-state index in [-0.39, 0.29) is 16.9 Å². The number of aliphatic hydroxyl groups is 2. The Labute approximate surface area is 254 Å². The monoisotopic (exact) mass is 597 g/mol. The first-order valence-corrected chi connectivity index (χ1v) is 17.4. The van der Waals surface area contributed by atoms with Gasteiger partial charge in [-0.3, -0.25) is 0 Å². The van der Waals surface area contributed by atoms with Gasteiger partial charge in [-0.2, -0.15) is 0 Å². The largest absolute Gasteiger partial charge is 0.389 e. The molecule has 3 aliphatic heterocycles. The van der Waals surface area contributed by atoms with Crippen molar-refractivity contribution in [2.45, 2.75) is 146 Å². The number of nitrogens with one attached hydrogen (secondary N) is 1. The fourth-order valence-corrected chi connectivity index (χ4v) is 9.77. The van der Waals surface area contributed by atoms with Crippen molar-refractivity contribution in [2.75, 3.05) is 32.8 Å². The summed E-state index contributed by atoms with van der Waals surface area (Å²) in [4.78, 5) is 2.63. The van der Waals surface area contributed by atoms with Crippen LogP contribution in [0.1, 0.15) is 105 Å². The Balaban J connectivity index is 1.22. The summed E-state index contributed by atoms with van der Waals surface area (Å²) in [6.45, 7) is 13.3. The molecule has 0 amide bonds. The van der Waals surface area contributed by atoms with Crippen LogP contribution in [0, 0.1) is 29.1 Å². The van der Waals surface area contributed by atoms with Crippen molar-refractivity contribution in [3.63, 3.8) is 0 Å². The molecule has 5 N–H and O–H groups in total. The Bertz CT molecular complexity index is 850. The molecule has 8 atom stereocenters. The number of halogens is 1. The predicted molar refractivity (Wildman–Crippen MR) is 165 cm³/mol. The van der Waals surface area contributed by atoms with Gasteiger partial charge < -0.3 is 35.6 Å². The molecule has 3 saturated heterocycles. The molecular formula is C33H60ClN3O4. The number of likely N-dealkylation sites (tertiary alicyclic amines) is 1. The van der Waals surface area contributed by atoms with Crippen LogP contribution in [0.5, 0.6) is 0 Å². The number of nitrogens with zero attached hydrogens (tertiary/aromatic N) is 1. The van der Waals surface area contributed by atoms with E-state index in [2.05, 4.69) is 24.1 Å². The predicted octanol–water partition coefficient (Wildman–Crippen LogP) is 4.65. The van der Waals surface area contributed by atoms with Crippen molar-refractivity contribution >= 4 is 11.6 Å². The van der Waals surface area contributed by atoms with Crippen molar-refractivity contribution in [1.29, 1.82) is 0 Å². The normalized spacial score (nSPS) is 43.0. The SMILES string of the molecule is CC(C)(OC1CCC2OC[C@H]3NCCCC3[C@@H](CCCN3CCC(O)([C@H]4CC[C@@H](Cl)CC4)C(C)(C)C3)[C@H]2C1)C(N)O. The van der Waals surface area contributed by atoms with Gasteiger partial charge in [-0.1, -0.05) is 13.8 Å². The third-order valence-electron chi connectivity index (χ3n) is 12.1. The van der Waals surface area contributed by atoms with Crippen LogP contribution in [0.4, 0.5) is 0 Å². The number of ether oxygens (including phenoxy) is 2. The maximum Gasteiger partial charge on any atom is 0.131 e. The van der Waals surface area contributed by atoms with E-state index in [4.69, 9.17) is 26.8 Å². The van der Waals surface area contributed by atoms with E-state index in [1.807, 2.05) is 13.8 Å². The molecule has 0 aromatic carbocycles. The van der Waals surface area contributed by atoms with Gasteiger partial charge in [0.25, 0.3) is 0 Å². The lowest BCUT2D eigenvalue weighted by Crippen LogP contribution is -2.61. The van der Waals surface area contributed by atoms with E-state index in [0.717, 1.165) is 84.2 Å². The molecule has 8 heteroatoms. The Kier molecular flexibility index (Phi) is 10.4. The Morgan fingerprint density at radius 2 is 1.88 bits per heavy atom. The molecule has 0 aromatic heterocycles. The first-order valence-electron chi connectivity index (χ1n) is 16.9. The quantitative estimate of drug-likeness (QED) is 0.239. The van der Waals surface area contributed by atoms with E-state index < -0.39 is 17.4 Å². The second kappa shape index (κ2) is 13.2. The van der Waals surface area contributed by atoms with Crippen molar-refractivity contribution in [1.82, 2.24) is 10.2 Å². The molecule has 5 rings (SSSR count). The number of fused-ring (bicyclic) bond motifs is 2. The third kappa shape index (κ3) is 7.13. The molecule has 0 radical (unpaired) electrons. The zero-order valence-electron chi connectivity index (χ0n) is 26.3. The molecule has 5 unspecified atom stereocenters. The van der Waals surface area contributed by atoms with Gasteiger partial charge >= 0.3 is 0 Å². The van der Waals surface area contributed by atoms with E-state index in [1.165, 1.54) is 25.7 Å². The number of aliphatic hydroxyl groups excluding tert-OH is 1. The Morgan fingerprint density at radius 1 is 1.12 bits per heavy atom. The molecule has 3 heterocycles. The zero-order chi connectivity index (χ0) is 29.4. The number of piperidine rings is 2. The highest BCUT2D eigenvalue weighted by Gasteiger charge is 2.52. The average molecular weight is 598 g/mol. The standard InChI is InChI=1S/C33H60ClN3O4/c1-31(2)21-37(18-15-33(31,39)22-9-11-23(34)12-10-22)17-6-8-25-26-7-5-16-36-28(26)20-40-29-14-13-24(19-27(25)29)41-32(3,4)30(35)38/h22-30,36,38-39H,5-21,35H2,1-4H3/t22-,23+,24?,25-,26?,27-,28-,29?,30?,33?/m1/s1. The molecule has 2 aliphatic carbocycles. The van der Waals surface area contributed by atoms with Gasteiger partial charge in [0.1, 0.15) is 11.8 Å². The van der Waals surface area contributed by atoms with Gasteiger partial charge in [0.05, 0.1) is 24.4 Å². The minimum Gasteiger partial charge on any atom is -0.389 e. The van der Waals surface area contributed by atoms with Gasteiger partial charge in [-0.05, 0) is 128 Å². The highest BCUT2D eigenvalue weighted by atomic mass is 35.5. The maximum atomic E-state index is 12.0. The molecule has 0 aromatic rings. The summed E-state index contributed by atoms with van der Waals surface area (Å²) in [6, 6.07) is 0.452. The highest BCUT2D eigenvalue weighted by Crippen LogP contribution is 2.49. The molecule has 41 heavy (non-hydrogen) atoms. The van der Waals surface area contributed by atoms with Gasteiger partial charge in [0.15, 0.2) is 0 Å². The van der Waals surface area contributed by atoms with E-state index in [9.17, 15) is 10.2 Å². The second-order valence-electron chi connectivity index (χ2n) is 15.6. The molecule has 2 saturated carbocycles. The van der Waals surface area contributed by atoms with Crippen molar-refractivity contribution < 1.29 is 19.7 Å². The average Bonchev–Trinajstić information content (AvgIpc) is 3.07. The minimum atomic E-state index is -0.991. The number of alkyl halides is 1. The van der Waals surface area contributed by atoms with E-state index in [1.54, 1.807) is 0 Å². The van der Waals surface area contributed by atoms with Crippen molar-refractivity contribution in [2.24, 2.45) is 34.8 Å². The van der Waals surface area contributed by atoms with E-state index in [0.29, 0.717) is 35.8 Å². The molecule has 5 aliphatic rings. The minimum absolute atomic E-state index is 0.109. The Hall–Kier alpha value is 0.01000. The lowest BCUT2D eigenvalue weighted by atomic mass is 9.60. The van der Waals surface area contributed by atoms with Crippen LogP contribution in [0.3, 0.4) is 0 Å². The van der Waals surface area contributed by atoms with Crippen LogP contribution >= 0.6 is 11.6 Å². The molecule has 5 fully saturated rings. The second-order valence-corrected chi connectivity index (χ2v) is 16.2. The molecule has 7 nitrogen and oxygen atoms in total. The summed E-state index contributed by atoms with van der Waals surface area (Å²) in [7, 11) is 0. The van der Waals surface area contributed by atoms with Gasteiger partial charge in [0, 0.05) is 29.9 Å². The summed E-state index contributed by atoms with van der Waals surface area (Å²) in [5.41, 5.74) is 4.39. The lowest BCUT2D eigenvalue weighted by molar-refractivity contribution is -0.162. The van der Waals surface area contributed by atoms with Crippen LogP contribution in [-0.2, 0) is 9.47 Å². The highest BCUT2D eigenvalue weighted by molar-refractivity contribution is 6.20. The summed E-state index contributed by atoms with van der Waals surface area (Å²) in [5, 5.41) is 26.1. The Morgan fingerprint density at radius 3 is 2.59 bits per heavy atom. The summed E-state index contributed by atoms with van der Waals surface area (Å²) in [5.74, 6) is 2.11. The van der Waals surface area contributed by atoms with E-state index >= 15 is 0 Å². The summed E-state index contributed by atoms with van der Waals surface area (Å²) in [6.07, 6.45) is 12.4. The van der Waals surface area contributed by atoms with Gasteiger partial charge in [0.2, 0.25) is 0 Å². The summed E-state index contributed by atoms with van der Waals surface area (Å²) < 4.78 is 13.0. The molecule has 0 spiro atoms. The third-order valence-corrected chi connectivity index (χ3v) is 12.6. The van der Waals surface area contributed by atoms with Crippen LogP contribution < -0.4 is 11.1 Å². The van der Waals surface area contributed by atoms with Gasteiger partial charge in [-0.15, -0.1) is 11.6 Å². The number of nitrogens with two attached hydrogens (primary N) is 1. The summed E-state index contributed by atoms with van der Waals surface area (Å²) >= 11 is 6.40. The van der Waals surface area contributed by atoms with Gasteiger partial charge in [-0.25, -0.2) is 0 Å². The van der Waals surface area contributed by atoms with Crippen molar-refractivity contribution in [3.8, 4) is 0 Å². The molecule has 238 valence electrons. The van der Waals surface area contributed by atoms with Crippen molar-refractivity contribution in [3.05, 3.63) is 0 Å². The lowest BCUT2D eigenvalue weighted by Gasteiger charge is -2.55.